The molecule has 138 valence electrons. The predicted octanol–water partition coefficient (Wildman–Crippen LogP) is 1.02. The highest BCUT2D eigenvalue weighted by Gasteiger charge is 2.23. The maximum Gasteiger partial charge on any atom is 0.414 e. The number of hydrogen-bond acceptors (Lipinski definition) is 5. The second-order valence-electron chi connectivity index (χ2n) is 5.76. The molecule has 8 heteroatoms. The monoisotopic (exact) mass is 352 g/mol. The lowest BCUT2D eigenvalue weighted by Crippen LogP contribution is -2.50. The first-order valence-electron chi connectivity index (χ1n) is 7.89. The summed E-state index contributed by atoms with van der Waals surface area (Å²) in [6, 6.07) is 7.87. The summed E-state index contributed by atoms with van der Waals surface area (Å²) >= 11 is 0. The van der Waals surface area contributed by atoms with E-state index >= 15 is 0 Å². The van der Waals surface area contributed by atoms with Gasteiger partial charge in [0, 0.05) is 37.8 Å². The van der Waals surface area contributed by atoms with E-state index in [4.69, 9.17) is 24.5 Å². The van der Waals surface area contributed by atoms with Gasteiger partial charge in [0.15, 0.2) is 0 Å². The van der Waals surface area contributed by atoms with Gasteiger partial charge in [-0.25, -0.2) is 9.59 Å². The number of piperazine rings is 1. The number of benzene rings is 1. The molecule has 2 rings (SSSR count). The van der Waals surface area contributed by atoms with E-state index in [-0.39, 0.29) is 5.91 Å². The fraction of sp³-hybridized carbons (Fsp3) is 0.471. The highest BCUT2D eigenvalue weighted by Crippen LogP contribution is 2.14. The van der Waals surface area contributed by atoms with Gasteiger partial charge < -0.3 is 19.8 Å². The van der Waals surface area contributed by atoms with Crippen molar-refractivity contribution in [1.29, 1.82) is 0 Å². The molecular formula is C17H24N2O6. The third-order valence-corrected chi connectivity index (χ3v) is 3.85. The maximum atomic E-state index is 12.3. The number of aliphatic carboxylic acids is 2. The van der Waals surface area contributed by atoms with Crippen LogP contribution in [0.5, 0.6) is 5.75 Å². The molecule has 1 saturated heterocycles. The van der Waals surface area contributed by atoms with Crippen LogP contribution in [0.25, 0.3) is 0 Å². The third kappa shape index (κ3) is 6.42. The van der Waals surface area contributed by atoms with Crippen molar-refractivity contribution in [1.82, 2.24) is 9.80 Å². The van der Waals surface area contributed by atoms with Gasteiger partial charge in [0.1, 0.15) is 5.75 Å². The summed E-state index contributed by atoms with van der Waals surface area (Å²) in [5, 5.41) is 14.8. The molecule has 0 saturated carbocycles. The SMILES string of the molecule is COc1ccc(C(=O)N2CCN(C(C)C)CC2)cc1.O=C(O)C(=O)O. The molecule has 0 unspecified atom stereocenters. The molecule has 1 amide bonds. The zero-order chi connectivity index (χ0) is 19.0. The van der Waals surface area contributed by atoms with Crippen molar-refractivity contribution < 1.29 is 29.3 Å². The summed E-state index contributed by atoms with van der Waals surface area (Å²) in [6.07, 6.45) is 0. The van der Waals surface area contributed by atoms with E-state index in [0.717, 1.165) is 37.5 Å². The van der Waals surface area contributed by atoms with Crippen molar-refractivity contribution in [2.24, 2.45) is 0 Å². The van der Waals surface area contributed by atoms with E-state index < -0.39 is 11.9 Å². The first-order valence-corrected chi connectivity index (χ1v) is 7.89. The van der Waals surface area contributed by atoms with Gasteiger partial charge in [-0.15, -0.1) is 0 Å². The van der Waals surface area contributed by atoms with Crippen LogP contribution >= 0.6 is 0 Å². The summed E-state index contributed by atoms with van der Waals surface area (Å²) < 4.78 is 5.10. The largest absolute Gasteiger partial charge is 0.497 e. The van der Waals surface area contributed by atoms with Crippen LogP contribution in [0.1, 0.15) is 24.2 Å². The van der Waals surface area contributed by atoms with E-state index in [9.17, 15) is 4.79 Å². The number of nitrogens with zero attached hydrogens (tertiary/aromatic N) is 2. The summed E-state index contributed by atoms with van der Waals surface area (Å²) in [6.45, 7) is 7.92. The lowest BCUT2D eigenvalue weighted by molar-refractivity contribution is -0.159. The van der Waals surface area contributed by atoms with Gasteiger partial charge in [0.25, 0.3) is 5.91 Å². The van der Waals surface area contributed by atoms with E-state index in [1.165, 1.54) is 0 Å². The van der Waals surface area contributed by atoms with Gasteiger partial charge in [-0.05, 0) is 38.1 Å². The van der Waals surface area contributed by atoms with Crippen LogP contribution in [0.2, 0.25) is 0 Å². The number of amides is 1. The molecule has 1 aliphatic heterocycles. The smallest absolute Gasteiger partial charge is 0.414 e. The van der Waals surface area contributed by atoms with Gasteiger partial charge in [-0.2, -0.15) is 0 Å². The van der Waals surface area contributed by atoms with Gasteiger partial charge in [-0.3, -0.25) is 9.69 Å². The highest BCUT2D eigenvalue weighted by atomic mass is 16.5. The maximum absolute atomic E-state index is 12.3. The number of carboxylic acids is 2. The number of carbonyl (C=O) groups is 3. The number of ether oxygens (including phenoxy) is 1. The standard InChI is InChI=1S/C15H22N2O2.C2H2O4/c1-12(2)16-8-10-17(11-9-16)15(18)13-4-6-14(19-3)7-5-13;3-1(4)2(5)6/h4-7,12H,8-11H2,1-3H3;(H,3,4)(H,5,6). The van der Waals surface area contributed by atoms with E-state index in [1.807, 2.05) is 29.2 Å². The Bertz CT molecular complexity index is 580. The topological polar surface area (TPSA) is 107 Å². The van der Waals surface area contributed by atoms with Crippen LogP contribution in [-0.2, 0) is 9.59 Å². The van der Waals surface area contributed by atoms with Gasteiger partial charge in [0.2, 0.25) is 0 Å². The van der Waals surface area contributed by atoms with Crippen LogP contribution in [0.3, 0.4) is 0 Å². The van der Waals surface area contributed by atoms with Crippen molar-refractivity contribution in [3.63, 3.8) is 0 Å². The molecule has 1 aromatic carbocycles. The number of carbonyl (C=O) groups excluding carboxylic acids is 1. The number of carboxylic acid groups (broad SMARTS) is 2. The Labute approximate surface area is 146 Å². The van der Waals surface area contributed by atoms with Crippen LogP contribution in [0, 0.1) is 0 Å². The fourth-order valence-electron chi connectivity index (χ4n) is 2.36. The van der Waals surface area contributed by atoms with Crippen molar-refractivity contribution in [3.8, 4) is 5.75 Å². The molecular weight excluding hydrogens is 328 g/mol. The van der Waals surface area contributed by atoms with Gasteiger partial charge in [0.05, 0.1) is 7.11 Å². The summed E-state index contributed by atoms with van der Waals surface area (Å²) in [5.74, 6) is -2.75. The first-order chi connectivity index (χ1) is 11.8. The molecule has 0 aromatic heterocycles. The quantitative estimate of drug-likeness (QED) is 0.782. The number of rotatable bonds is 3. The highest BCUT2D eigenvalue weighted by molar-refractivity contribution is 6.27. The molecule has 8 nitrogen and oxygen atoms in total. The number of methoxy groups -OCH3 is 1. The summed E-state index contributed by atoms with van der Waals surface area (Å²) in [7, 11) is 1.63. The minimum atomic E-state index is -1.82. The minimum Gasteiger partial charge on any atom is -0.497 e. The molecule has 1 aliphatic rings. The number of hydrogen-bond donors (Lipinski definition) is 2. The molecule has 2 N–H and O–H groups in total. The molecule has 0 radical (unpaired) electrons. The van der Waals surface area contributed by atoms with Crippen molar-refractivity contribution >= 4 is 17.8 Å². The Morgan fingerprint density at radius 3 is 1.80 bits per heavy atom. The molecule has 1 fully saturated rings. The molecule has 0 aliphatic carbocycles. The second-order valence-corrected chi connectivity index (χ2v) is 5.76. The molecule has 1 aromatic rings. The molecule has 0 atom stereocenters. The molecule has 0 bridgehead atoms. The summed E-state index contributed by atoms with van der Waals surface area (Å²) in [5.41, 5.74) is 0.735. The van der Waals surface area contributed by atoms with Gasteiger partial charge in [-0.1, -0.05) is 0 Å². The Morgan fingerprint density at radius 1 is 0.960 bits per heavy atom. The fourth-order valence-corrected chi connectivity index (χ4v) is 2.36. The third-order valence-electron chi connectivity index (χ3n) is 3.85. The average molecular weight is 352 g/mol. The van der Waals surface area contributed by atoms with E-state index in [0.29, 0.717) is 6.04 Å². The van der Waals surface area contributed by atoms with Crippen LogP contribution in [0.15, 0.2) is 24.3 Å². The lowest BCUT2D eigenvalue weighted by Gasteiger charge is -2.37. The Hall–Kier alpha value is -2.61. The first kappa shape index (κ1) is 20.4. The average Bonchev–Trinajstić information content (AvgIpc) is 2.61. The Morgan fingerprint density at radius 2 is 1.44 bits per heavy atom. The minimum absolute atomic E-state index is 0.117. The zero-order valence-electron chi connectivity index (χ0n) is 14.6. The van der Waals surface area contributed by atoms with Gasteiger partial charge >= 0.3 is 11.9 Å². The summed E-state index contributed by atoms with van der Waals surface area (Å²) in [4.78, 5) is 34.9. The van der Waals surface area contributed by atoms with Crippen molar-refractivity contribution in [2.75, 3.05) is 33.3 Å². The van der Waals surface area contributed by atoms with E-state index in [1.54, 1.807) is 7.11 Å². The van der Waals surface area contributed by atoms with Crippen LogP contribution in [-0.4, -0.2) is 77.2 Å². The molecule has 1 heterocycles. The second kappa shape index (κ2) is 9.63. The molecule has 25 heavy (non-hydrogen) atoms. The lowest BCUT2D eigenvalue weighted by atomic mass is 10.1. The van der Waals surface area contributed by atoms with Crippen LogP contribution in [0.4, 0.5) is 0 Å². The van der Waals surface area contributed by atoms with Crippen molar-refractivity contribution in [2.45, 2.75) is 19.9 Å². The molecule has 0 spiro atoms. The normalized spacial score (nSPS) is 14.5. The van der Waals surface area contributed by atoms with Crippen molar-refractivity contribution in [3.05, 3.63) is 29.8 Å². The zero-order valence-corrected chi connectivity index (χ0v) is 14.6. The Balaban J connectivity index is 0.000000450. The van der Waals surface area contributed by atoms with E-state index in [2.05, 4.69) is 18.7 Å². The van der Waals surface area contributed by atoms with Crippen LogP contribution < -0.4 is 4.74 Å². The predicted molar refractivity (Wildman–Crippen MR) is 90.9 cm³/mol. The Kier molecular flexibility index (Phi) is 7.87.